The highest BCUT2D eigenvalue weighted by Crippen LogP contribution is 2.16. The first-order chi connectivity index (χ1) is 8.79. The standard InChI is InChI=1S/C14H15FN2O/c15-14-9-13(5-4-11(14)10-16)18-8-6-12-3-1-2-7-17-12/h1-5,7,9H,6,8,10,16H2. The van der Waals surface area contributed by atoms with E-state index in [0.29, 0.717) is 24.3 Å². The first kappa shape index (κ1) is 12.5. The van der Waals surface area contributed by atoms with Crippen molar-refractivity contribution in [1.82, 2.24) is 4.98 Å². The molecule has 0 atom stereocenters. The fourth-order valence-corrected chi connectivity index (χ4v) is 1.60. The Morgan fingerprint density at radius 3 is 2.78 bits per heavy atom. The SMILES string of the molecule is NCc1ccc(OCCc2ccccn2)cc1F. The molecule has 18 heavy (non-hydrogen) atoms. The van der Waals surface area contributed by atoms with Crippen molar-refractivity contribution in [2.75, 3.05) is 6.61 Å². The Bertz CT molecular complexity index is 502. The van der Waals surface area contributed by atoms with Crippen molar-refractivity contribution in [3.63, 3.8) is 0 Å². The van der Waals surface area contributed by atoms with Crippen LogP contribution in [-0.2, 0) is 13.0 Å². The van der Waals surface area contributed by atoms with Crippen molar-refractivity contribution in [2.45, 2.75) is 13.0 Å². The van der Waals surface area contributed by atoms with Crippen LogP contribution in [0.1, 0.15) is 11.3 Å². The molecule has 0 saturated heterocycles. The van der Waals surface area contributed by atoms with Gasteiger partial charge in [0.05, 0.1) is 6.61 Å². The number of ether oxygens (including phenoxy) is 1. The largest absolute Gasteiger partial charge is 0.493 e. The van der Waals surface area contributed by atoms with E-state index in [4.69, 9.17) is 10.5 Å². The quantitative estimate of drug-likeness (QED) is 0.880. The molecule has 1 heterocycles. The molecule has 2 aromatic rings. The second-order valence-electron chi connectivity index (χ2n) is 3.88. The average molecular weight is 246 g/mol. The molecule has 94 valence electrons. The van der Waals surface area contributed by atoms with Gasteiger partial charge >= 0.3 is 0 Å². The zero-order valence-electron chi connectivity index (χ0n) is 9.97. The number of nitrogens with zero attached hydrogens (tertiary/aromatic N) is 1. The van der Waals surface area contributed by atoms with Gasteiger partial charge in [-0.25, -0.2) is 4.39 Å². The third-order valence-electron chi connectivity index (χ3n) is 2.60. The van der Waals surface area contributed by atoms with E-state index in [1.165, 1.54) is 6.07 Å². The van der Waals surface area contributed by atoms with Crippen LogP contribution in [0.3, 0.4) is 0 Å². The molecule has 0 bridgehead atoms. The molecular weight excluding hydrogens is 231 g/mol. The van der Waals surface area contributed by atoms with Crippen molar-refractivity contribution in [2.24, 2.45) is 5.73 Å². The van der Waals surface area contributed by atoms with Gasteiger partial charge in [0.2, 0.25) is 0 Å². The summed E-state index contributed by atoms with van der Waals surface area (Å²) in [5.41, 5.74) is 6.84. The minimum atomic E-state index is -0.326. The molecular formula is C14H15FN2O. The van der Waals surface area contributed by atoms with E-state index in [9.17, 15) is 4.39 Å². The number of halogens is 1. The highest BCUT2D eigenvalue weighted by Gasteiger charge is 2.02. The van der Waals surface area contributed by atoms with Crippen LogP contribution >= 0.6 is 0 Å². The normalized spacial score (nSPS) is 10.3. The number of benzene rings is 1. The third kappa shape index (κ3) is 3.28. The van der Waals surface area contributed by atoms with Crippen LogP contribution in [0.5, 0.6) is 5.75 Å². The summed E-state index contributed by atoms with van der Waals surface area (Å²) in [5.74, 6) is 0.188. The molecule has 2 N–H and O–H groups in total. The van der Waals surface area contributed by atoms with Gasteiger partial charge in [0, 0.05) is 36.5 Å². The van der Waals surface area contributed by atoms with Gasteiger partial charge in [-0.3, -0.25) is 4.98 Å². The van der Waals surface area contributed by atoms with E-state index in [-0.39, 0.29) is 12.4 Å². The summed E-state index contributed by atoms with van der Waals surface area (Å²) < 4.78 is 18.9. The predicted molar refractivity (Wildman–Crippen MR) is 67.7 cm³/mol. The lowest BCUT2D eigenvalue weighted by atomic mass is 10.2. The third-order valence-corrected chi connectivity index (χ3v) is 2.60. The number of hydrogen-bond acceptors (Lipinski definition) is 3. The summed E-state index contributed by atoms with van der Waals surface area (Å²) >= 11 is 0. The molecule has 0 aliphatic rings. The summed E-state index contributed by atoms with van der Waals surface area (Å²) in [6, 6.07) is 10.5. The lowest BCUT2D eigenvalue weighted by Crippen LogP contribution is -2.04. The highest BCUT2D eigenvalue weighted by molar-refractivity contribution is 5.28. The van der Waals surface area contributed by atoms with Gasteiger partial charge in [0.25, 0.3) is 0 Å². The van der Waals surface area contributed by atoms with Gasteiger partial charge < -0.3 is 10.5 Å². The van der Waals surface area contributed by atoms with Crippen LogP contribution in [0.2, 0.25) is 0 Å². The summed E-state index contributed by atoms with van der Waals surface area (Å²) in [6.45, 7) is 0.665. The highest BCUT2D eigenvalue weighted by atomic mass is 19.1. The van der Waals surface area contributed by atoms with Crippen LogP contribution in [0.4, 0.5) is 4.39 Å². The summed E-state index contributed by atoms with van der Waals surface area (Å²) in [4.78, 5) is 4.18. The van der Waals surface area contributed by atoms with Crippen LogP contribution in [0, 0.1) is 5.82 Å². The minimum Gasteiger partial charge on any atom is -0.493 e. The van der Waals surface area contributed by atoms with Crippen molar-refractivity contribution in [3.05, 3.63) is 59.7 Å². The molecule has 0 amide bonds. The average Bonchev–Trinajstić information content (AvgIpc) is 2.40. The van der Waals surface area contributed by atoms with Crippen LogP contribution < -0.4 is 10.5 Å². The molecule has 0 aliphatic carbocycles. The Kier molecular flexibility index (Phi) is 4.25. The van der Waals surface area contributed by atoms with Crippen LogP contribution in [-0.4, -0.2) is 11.6 Å². The van der Waals surface area contributed by atoms with E-state index in [0.717, 1.165) is 5.69 Å². The van der Waals surface area contributed by atoms with Crippen molar-refractivity contribution >= 4 is 0 Å². The topological polar surface area (TPSA) is 48.1 Å². The molecule has 1 aromatic heterocycles. The lowest BCUT2D eigenvalue weighted by molar-refractivity contribution is 0.318. The van der Waals surface area contributed by atoms with E-state index < -0.39 is 0 Å². The van der Waals surface area contributed by atoms with E-state index >= 15 is 0 Å². The van der Waals surface area contributed by atoms with Crippen molar-refractivity contribution < 1.29 is 9.13 Å². The van der Waals surface area contributed by atoms with Crippen molar-refractivity contribution in [3.8, 4) is 5.75 Å². The van der Waals surface area contributed by atoms with Crippen LogP contribution in [0.15, 0.2) is 42.6 Å². The maximum atomic E-state index is 13.4. The molecule has 2 rings (SSSR count). The Morgan fingerprint density at radius 1 is 1.22 bits per heavy atom. The zero-order chi connectivity index (χ0) is 12.8. The first-order valence-corrected chi connectivity index (χ1v) is 5.81. The molecule has 0 aliphatic heterocycles. The maximum Gasteiger partial charge on any atom is 0.131 e. The van der Waals surface area contributed by atoms with Gasteiger partial charge in [-0.05, 0) is 18.2 Å². The minimum absolute atomic E-state index is 0.194. The smallest absolute Gasteiger partial charge is 0.131 e. The van der Waals surface area contributed by atoms with Gasteiger partial charge in [0.15, 0.2) is 0 Å². The number of hydrogen-bond donors (Lipinski definition) is 1. The monoisotopic (exact) mass is 246 g/mol. The number of rotatable bonds is 5. The maximum absolute atomic E-state index is 13.4. The van der Waals surface area contributed by atoms with Gasteiger partial charge in [-0.2, -0.15) is 0 Å². The van der Waals surface area contributed by atoms with E-state index in [1.54, 1.807) is 18.3 Å². The summed E-state index contributed by atoms with van der Waals surface area (Å²) in [6.07, 6.45) is 2.44. The second kappa shape index (κ2) is 6.12. The lowest BCUT2D eigenvalue weighted by Gasteiger charge is -2.07. The Hall–Kier alpha value is -1.94. The molecule has 0 spiro atoms. The zero-order valence-corrected chi connectivity index (χ0v) is 9.97. The summed E-state index contributed by atoms with van der Waals surface area (Å²) in [7, 11) is 0. The van der Waals surface area contributed by atoms with E-state index in [1.807, 2.05) is 18.2 Å². The van der Waals surface area contributed by atoms with Crippen LogP contribution in [0.25, 0.3) is 0 Å². The molecule has 0 fully saturated rings. The molecule has 0 radical (unpaired) electrons. The first-order valence-electron chi connectivity index (χ1n) is 5.81. The fraction of sp³-hybridized carbons (Fsp3) is 0.214. The Balaban J connectivity index is 1.89. The fourth-order valence-electron chi connectivity index (χ4n) is 1.60. The van der Waals surface area contributed by atoms with E-state index in [2.05, 4.69) is 4.98 Å². The number of aromatic nitrogens is 1. The van der Waals surface area contributed by atoms with Crippen molar-refractivity contribution in [1.29, 1.82) is 0 Å². The second-order valence-corrected chi connectivity index (χ2v) is 3.88. The molecule has 0 saturated carbocycles. The number of nitrogens with two attached hydrogens (primary N) is 1. The molecule has 3 nitrogen and oxygen atoms in total. The molecule has 0 unspecified atom stereocenters. The molecule has 4 heteroatoms. The Labute approximate surface area is 105 Å². The predicted octanol–water partition coefficient (Wildman–Crippen LogP) is 2.30. The van der Waals surface area contributed by atoms with Gasteiger partial charge in [0.1, 0.15) is 11.6 Å². The van der Waals surface area contributed by atoms with Gasteiger partial charge in [-0.15, -0.1) is 0 Å². The molecule has 1 aromatic carbocycles. The summed E-state index contributed by atoms with van der Waals surface area (Å²) in [5, 5.41) is 0. The Morgan fingerprint density at radius 2 is 2.11 bits per heavy atom. The number of pyridine rings is 1. The van der Waals surface area contributed by atoms with Gasteiger partial charge in [-0.1, -0.05) is 12.1 Å².